The van der Waals surface area contributed by atoms with Gasteiger partial charge in [0.2, 0.25) is 5.95 Å². The predicted octanol–water partition coefficient (Wildman–Crippen LogP) is 2.09. The van der Waals surface area contributed by atoms with E-state index >= 15 is 0 Å². The highest BCUT2D eigenvalue weighted by Gasteiger charge is 2.26. The summed E-state index contributed by atoms with van der Waals surface area (Å²) < 4.78 is 10.3. The Kier molecular flexibility index (Phi) is 4.63. The molecule has 0 N–H and O–H groups in total. The number of hydrogen-bond acceptors (Lipinski definition) is 5. The first kappa shape index (κ1) is 17.6. The van der Waals surface area contributed by atoms with Gasteiger partial charge in [-0.1, -0.05) is 19.8 Å². The van der Waals surface area contributed by atoms with Gasteiger partial charge in [-0.15, -0.1) is 0 Å². The molecule has 0 amide bonds. The molecule has 8 nitrogen and oxygen atoms in total. The molecule has 0 spiro atoms. The van der Waals surface area contributed by atoms with Gasteiger partial charge in [-0.05, 0) is 25.0 Å². The predicted molar refractivity (Wildman–Crippen MR) is 103 cm³/mol. The number of aromatic nitrogens is 4. The molecule has 0 aromatic carbocycles. The van der Waals surface area contributed by atoms with E-state index in [0.717, 1.165) is 50.5 Å². The van der Waals surface area contributed by atoms with Gasteiger partial charge in [0.25, 0.3) is 5.56 Å². The standard InChI is InChI=1S/C19H25N5O3/c1-3-4-5-10-24-17(25)15-16(21(2)19(24)26)20-18-22(9-7-11-23(15)18)13-14-8-6-12-27-14/h6,8,12H,3-5,7,9-11,13H2,1-2H3. The minimum absolute atomic E-state index is 0.234. The normalized spacial score (nSPS) is 14.1. The Morgan fingerprint density at radius 2 is 2.07 bits per heavy atom. The molecule has 0 fully saturated rings. The van der Waals surface area contributed by atoms with E-state index in [2.05, 4.69) is 16.8 Å². The molecule has 8 heteroatoms. The number of rotatable bonds is 6. The Morgan fingerprint density at radius 3 is 2.81 bits per heavy atom. The van der Waals surface area contributed by atoms with Crippen molar-refractivity contribution in [2.45, 2.75) is 52.2 Å². The lowest BCUT2D eigenvalue weighted by Crippen LogP contribution is -2.40. The average Bonchev–Trinajstić information content (AvgIpc) is 3.31. The molecule has 0 bridgehead atoms. The average molecular weight is 371 g/mol. The number of nitrogens with zero attached hydrogens (tertiary/aromatic N) is 5. The Labute approximate surface area is 156 Å². The molecule has 0 aliphatic carbocycles. The van der Waals surface area contributed by atoms with Crippen LogP contribution in [-0.4, -0.2) is 25.2 Å². The van der Waals surface area contributed by atoms with Crippen LogP contribution in [0.1, 0.15) is 38.4 Å². The maximum absolute atomic E-state index is 13.1. The van der Waals surface area contributed by atoms with E-state index < -0.39 is 0 Å². The molecule has 1 aliphatic rings. The van der Waals surface area contributed by atoms with Crippen LogP contribution in [0.25, 0.3) is 11.2 Å². The lowest BCUT2D eigenvalue weighted by molar-refractivity contribution is 0.481. The van der Waals surface area contributed by atoms with Crippen molar-refractivity contribution < 1.29 is 4.42 Å². The highest BCUT2D eigenvalue weighted by atomic mass is 16.3. The van der Waals surface area contributed by atoms with Crippen molar-refractivity contribution in [3.8, 4) is 0 Å². The van der Waals surface area contributed by atoms with Gasteiger partial charge in [-0.2, -0.15) is 4.98 Å². The second-order valence-electron chi connectivity index (χ2n) is 7.10. The fourth-order valence-corrected chi connectivity index (χ4v) is 3.79. The maximum Gasteiger partial charge on any atom is 0.332 e. The van der Waals surface area contributed by atoms with Crippen molar-refractivity contribution in [3.05, 3.63) is 45.0 Å². The van der Waals surface area contributed by atoms with Gasteiger partial charge < -0.3 is 13.9 Å². The zero-order valence-electron chi connectivity index (χ0n) is 15.8. The molecule has 0 atom stereocenters. The lowest BCUT2D eigenvalue weighted by Gasteiger charge is -2.28. The summed E-state index contributed by atoms with van der Waals surface area (Å²) in [5, 5.41) is 0. The van der Waals surface area contributed by atoms with Crippen molar-refractivity contribution in [2.24, 2.45) is 7.05 Å². The minimum Gasteiger partial charge on any atom is -0.467 e. The highest BCUT2D eigenvalue weighted by molar-refractivity contribution is 5.74. The van der Waals surface area contributed by atoms with E-state index in [1.165, 1.54) is 9.13 Å². The van der Waals surface area contributed by atoms with Gasteiger partial charge in [-0.25, -0.2) is 4.79 Å². The SMILES string of the molecule is CCCCCn1c(=O)c2c(nc3n2CCCN3Cc2ccco2)n(C)c1=O. The Hall–Kier alpha value is -2.77. The number of aryl methyl sites for hydroxylation is 2. The summed E-state index contributed by atoms with van der Waals surface area (Å²) in [7, 11) is 1.69. The monoisotopic (exact) mass is 371 g/mol. The molecule has 144 valence electrons. The summed E-state index contributed by atoms with van der Waals surface area (Å²) in [4.78, 5) is 32.6. The summed E-state index contributed by atoms with van der Waals surface area (Å²) >= 11 is 0. The number of furan rings is 1. The van der Waals surface area contributed by atoms with Crippen LogP contribution < -0.4 is 16.1 Å². The number of imidazole rings is 1. The maximum atomic E-state index is 13.1. The van der Waals surface area contributed by atoms with E-state index in [1.807, 2.05) is 16.7 Å². The van der Waals surface area contributed by atoms with Crippen LogP contribution in [0.2, 0.25) is 0 Å². The van der Waals surface area contributed by atoms with Gasteiger partial charge in [-0.3, -0.25) is 13.9 Å². The van der Waals surface area contributed by atoms with Crippen molar-refractivity contribution in [2.75, 3.05) is 11.4 Å². The lowest BCUT2D eigenvalue weighted by atomic mass is 10.2. The largest absolute Gasteiger partial charge is 0.467 e. The zero-order chi connectivity index (χ0) is 19.0. The van der Waals surface area contributed by atoms with Crippen LogP contribution in [-0.2, 0) is 26.7 Å². The van der Waals surface area contributed by atoms with Gasteiger partial charge in [0.05, 0.1) is 12.8 Å². The van der Waals surface area contributed by atoms with E-state index in [9.17, 15) is 9.59 Å². The first-order valence-corrected chi connectivity index (χ1v) is 9.59. The highest BCUT2D eigenvalue weighted by Crippen LogP contribution is 2.25. The summed E-state index contributed by atoms with van der Waals surface area (Å²) in [6, 6.07) is 3.79. The number of anilines is 1. The summed E-state index contributed by atoms with van der Waals surface area (Å²) in [6.07, 6.45) is 5.43. The molecule has 3 aromatic heterocycles. The minimum atomic E-state index is -0.295. The van der Waals surface area contributed by atoms with E-state index in [0.29, 0.717) is 24.3 Å². The fraction of sp³-hybridized carbons (Fsp3) is 0.526. The fourth-order valence-electron chi connectivity index (χ4n) is 3.79. The molecular weight excluding hydrogens is 346 g/mol. The van der Waals surface area contributed by atoms with Crippen LogP contribution in [0.3, 0.4) is 0 Å². The molecule has 0 radical (unpaired) electrons. The van der Waals surface area contributed by atoms with Crippen molar-refractivity contribution in [1.82, 2.24) is 18.7 Å². The van der Waals surface area contributed by atoms with Gasteiger partial charge >= 0.3 is 5.69 Å². The van der Waals surface area contributed by atoms with E-state index in [-0.39, 0.29) is 11.2 Å². The van der Waals surface area contributed by atoms with Gasteiger partial charge in [0, 0.05) is 26.7 Å². The molecule has 4 heterocycles. The molecule has 4 rings (SSSR count). The Balaban J connectivity index is 1.82. The third-order valence-electron chi connectivity index (χ3n) is 5.22. The summed E-state index contributed by atoms with van der Waals surface area (Å²) in [5.74, 6) is 1.58. The number of fused-ring (bicyclic) bond motifs is 3. The van der Waals surface area contributed by atoms with Crippen LogP contribution in [0.15, 0.2) is 32.4 Å². The van der Waals surface area contributed by atoms with E-state index in [4.69, 9.17) is 4.42 Å². The van der Waals surface area contributed by atoms with Crippen LogP contribution in [0, 0.1) is 0 Å². The molecule has 0 unspecified atom stereocenters. The summed E-state index contributed by atoms with van der Waals surface area (Å²) in [5.41, 5.74) is 0.449. The molecular formula is C19H25N5O3. The third-order valence-corrected chi connectivity index (χ3v) is 5.22. The van der Waals surface area contributed by atoms with Gasteiger partial charge in [0.1, 0.15) is 5.76 Å². The molecule has 27 heavy (non-hydrogen) atoms. The molecule has 0 saturated heterocycles. The topological polar surface area (TPSA) is 78.2 Å². The van der Waals surface area contributed by atoms with Crippen LogP contribution in [0.4, 0.5) is 5.95 Å². The zero-order valence-corrected chi connectivity index (χ0v) is 15.8. The second-order valence-corrected chi connectivity index (χ2v) is 7.10. The first-order valence-electron chi connectivity index (χ1n) is 9.59. The molecule has 1 aliphatic heterocycles. The third kappa shape index (κ3) is 2.98. The smallest absolute Gasteiger partial charge is 0.332 e. The van der Waals surface area contributed by atoms with Gasteiger partial charge in [0.15, 0.2) is 11.2 Å². The first-order chi connectivity index (χ1) is 13.1. The Morgan fingerprint density at radius 1 is 1.22 bits per heavy atom. The molecule has 0 saturated carbocycles. The number of hydrogen-bond donors (Lipinski definition) is 0. The second kappa shape index (κ2) is 7.09. The van der Waals surface area contributed by atoms with Crippen molar-refractivity contribution >= 4 is 17.1 Å². The quantitative estimate of drug-likeness (QED) is 0.620. The van der Waals surface area contributed by atoms with E-state index in [1.54, 1.807) is 13.3 Å². The van der Waals surface area contributed by atoms with Crippen LogP contribution >= 0.6 is 0 Å². The van der Waals surface area contributed by atoms with Crippen molar-refractivity contribution in [1.29, 1.82) is 0 Å². The summed E-state index contributed by atoms with van der Waals surface area (Å²) in [6.45, 7) is 4.71. The van der Waals surface area contributed by atoms with Crippen LogP contribution in [0.5, 0.6) is 0 Å². The Bertz CT molecular complexity index is 1060. The number of unbranched alkanes of at least 4 members (excludes halogenated alkanes) is 2. The van der Waals surface area contributed by atoms with Crippen molar-refractivity contribution in [3.63, 3.8) is 0 Å². The molecule has 3 aromatic rings.